The maximum atomic E-state index is 14.5. The van der Waals surface area contributed by atoms with Gasteiger partial charge in [0.25, 0.3) is 5.56 Å². The van der Waals surface area contributed by atoms with Crippen molar-refractivity contribution >= 4 is 35.4 Å². The first-order valence-corrected chi connectivity index (χ1v) is 20.7. The third kappa shape index (κ3) is 15.1. The summed E-state index contributed by atoms with van der Waals surface area (Å²) in [7, 11) is 4.30. The van der Waals surface area contributed by atoms with Gasteiger partial charge in [0.15, 0.2) is 0 Å². The quantitative estimate of drug-likeness (QED) is 0.0736. The van der Waals surface area contributed by atoms with Crippen LogP contribution in [-0.4, -0.2) is 196 Å². The number of carbonyl (C=O) groups is 6. The minimum atomic E-state index is -0.885. The Kier molecular flexibility index (Phi) is 19.9. The molecule has 356 valence electrons. The molecule has 1 fully saturated rings. The molecule has 4 rings (SSSR count). The molecule has 3 heterocycles. The van der Waals surface area contributed by atoms with Crippen LogP contribution in [0.5, 0.6) is 0 Å². The predicted molar refractivity (Wildman–Crippen MR) is 228 cm³/mol. The molecule has 65 heavy (non-hydrogen) atoms. The van der Waals surface area contributed by atoms with Gasteiger partial charge in [-0.15, -0.1) is 5.10 Å². The van der Waals surface area contributed by atoms with Crippen LogP contribution in [0.15, 0.2) is 52.3 Å². The van der Waals surface area contributed by atoms with E-state index in [1.165, 1.54) is 71.5 Å². The van der Waals surface area contributed by atoms with E-state index >= 15 is 0 Å². The summed E-state index contributed by atoms with van der Waals surface area (Å²) in [4.78, 5) is 114. The molecule has 1 aliphatic heterocycles. The first-order chi connectivity index (χ1) is 31.1. The van der Waals surface area contributed by atoms with E-state index in [-0.39, 0.29) is 82.7 Å². The molecule has 24 heteroatoms. The molecule has 0 saturated carbocycles. The van der Waals surface area contributed by atoms with E-state index in [0.717, 1.165) is 9.80 Å². The molecule has 2 aromatic heterocycles. The topological polar surface area (TPSA) is 287 Å². The van der Waals surface area contributed by atoms with Gasteiger partial charge >= 0.3 is 5.69 Å². The normalized spacial score (nSPS) is 15.6. The Morgan fingerprint density at radius 3 is 1.86 bits per heavy atom. The Balaban J connectivity index is 1.65. The smallest absolute Gasteiger partial charge is 0.330 e. The fourth-order valence-corrected chi connectivity index (χ4v) is 6.92. The van der Waals surface area contributed by atoms with Crippen LogP contribution in [0, 0.1) is 6.92 Å². The Hall–Kier alpha value is -6.34. The molecule has 0 aliphatic carbocycles. The number of aliphatic hydroxyl groups excluding tert-OH is 1. The molecular weight excluding hydrogens is 855 g/mol. The van der Waals surface area contributed by atoms with E-state index in [1.807, 2.05) is 0 Å². The van der Waals surface area contributed by atoms with Crippen LogP contribution < -0.4 is 17.0 Å². The summed E-state index contributed by atoms with van der Waals surface area (Å²) < 4.78 is 24.0. The molecule has 3 atom stereocenters. The molecule has 6 amide bonds. The highest BCUT2D eigenvalue weighted by atomic mass is 16.5. The van der Waals surface area contributed by atoms with Gasteiger partial charge in [-0.25, -0.2) is 9.48 Å². The Bertz CT molecular complexity index is 2200. The van der Waals surface area contributed by atoms with Gasteiger partial charge < -0.3 is 54.3 Å². The number of aryl methyl sites for hydroxylation is 1. The number of benzene rings is 1. The number of aromatic nitrogens is 5. The first-order valence-electron chi connectivity index (χ1n) is 20.7. The SMILES string of the molecule is COCCN(CC(=O)N(CCOC)CC(=O)N(CC(=O)N(CC(=O)N(CCOC)CC(N)=O)Cc1cn(C2C[C@H](n3cc(C)c(=O)[nH]c3=O)O[C@@H]2CO)nn1)Cc1ccccc1)C(C)=O. The highest BCUT2D eigenvalue weighted by Gasteiger charge is 2.39. The number of methoxy groups -OCH3 is 3. The van der Waals surface area contributed by atoms with Gasteiger partial charge in [0, 0.05) is 72.6 Å². The van der Waals surface area contributed by atoms with Crippen molar-refractivity contribution in [3.63, 3.8) is 0 Å². The van der Waals surface area contributed by atoms with E-state index in [1.54, 1.807) is 30.3 Å². The zero-order chi connectivity index (χ0) is 47.6. The number of primary amides is 1. The number of ether oxygens (including phenoxy) is 4. The summed E-state index contributed by atoms with van der Waals surface area (Å²) in [5.74, 6) is -3.74. The summed E-state index contributed by atoms with van der Waals surface area (Å²) in [6, 6.07) is 8.13. The van der Waals surface area contributed by atoms with Crippen LogP contribution in [0.4, 0.5) is 0 Å². The van der Waals surface area contributed by atoms with Crippen molar-refractivity contribution in [2.24, 2.45) is 5.73 Å². The second-order valence-electron chi connectivity index (χ2n) is 15.3. The second-order valence-corrected chi connectivity index (χ2v) is 15.3. The average Bonchev–Trinajstić information content (AvgIpc) is 3.93. The summed E-state index contributed by atoms with van der Waals surface area (Å²) in [6.45, 7) is -0.118. The monoisotopic (exact) mass is 913 g/mol. The van der Waals surface area contributed by atoms with E-state index in [2.05, 4.69) is 15.3 Å². The Labute approximate surface area is 374 Å². The van der Waals surface area contributed by atoms with Crippen LogP contribution >= 0.6 is 0 Å². The number of hydrogen-bond donors (Lipinski definition) is 3. The molecule has 0 radical (unpaired) electrons. The van der Waals surface area contributed by atoms with E-state index < -0.39 is 91.9 Å². The maximum Gasteiger partial charge on any atom is 0.330 e. The van der Waals surface area contributed by atoms with Gasteiger partial charge in [0.1, 0.15) is 31.1 Å². The van der Waals surface area contributed by atoms with Crippen molar-refractivity contribution in [3.05, 3.63) is 80.4 Å². The second kappa shape index (κ2) is 25.2. The standard InChI is InChI=1S/C41H59N11O13/c1-28-18-51(41(61)43-40(28)60)39-17-32(33(27-53)65-39)52-21-31(44-45-52)20-50(25-36(57)47(12-15-63-4)22-34(42)55)38(59)26-49(19-30-9-7-6-8-10-30)37(58)24-48(13-16-64-5)35(56)23-46(29(2)54)11-14-62-3/h6-10,18,21,32-33,39,53H,11-17,19-20,22-27H2,1-5H3,(H2,42,55)(H,43,60,61)/t32?,33-,39-/m1/s1. The number of nitrogens with two attached hydrogens (primary N) is 1. The number of nitrogens with zero attached hydrogens (tertiary/aromatic N) is 9. The molecule has 1 unspecified atom stereocenters. The zero-order valence-electron chi connectivity index (χ0n) is 37.3. The zero-order valence-corrected chi connectivity index (χ0v) is 37.3. The van der Waals surface area contributed by atoms with Crippen molar-refractivity contribution < 1.29 is 52.8 Å². The van der Waals surface area contributed by atoms with Gasteiger partial charge in [0.2, 0.25) is 35.4 Å². The highest BCUT2D eigenvalue weighted by Crippen LogP contribution is 2.35. The van der Waals surface area contributed by atoms with Crippen LogP contribution in [0.1, 0.15) is 42.4 Å². The largest absolute Gasteiger partial charge is 0.394 e. The minimum absolute atomic E-state index is 0.0111. The molecule has 0 bridgehead atoms. The number of carbonyl (C=O) groups excluding carboxylic acids is 6. The van der Waals surface area contributed by atoms with E-state index in [0.29, 0.717) is 5.56 Å². The summed E-state index contributed by atoms with van der Waals surface area (Å²) in [5.41, 5.74) is 5.31. The lowest BCUT2D eigenvalue weighted by molar-refractivity contribution is -0.148. The molecule has 0 spiro atoms. The first kappa shape index (κ1) is 51.3. The molecule has 3 aromatic rings. The summed E-state index contributed by atoms with van der Waals surface area (Å²) >= 11 is 0. The third-order valence-corrected chi connectivity index (χ3v) is 10.5. The van der Waals surface area contributed by atoms with Gasteiger partial charge in [-0.2, -0.15) is 0 Å². The fourth-order valence-electron chi connectivity index (χ4n) is 6.92. The number of hydrogen-bond acceptors (Lipinski definition) is 15. The summed E-state index contributed by atoms with van der Waals surface area (Å²) in [6.07, 6.45) is 1.23. The van der Waals surface area contributed by atoms with Crippen molar-refractivity contribution in [2.45, 2.75) is 51.7 Å². The molecule has 1 aliphatic rings. The number of aliphatic hydroxyl groups is 1. The Morgan fingerprint density at radius 1 is 0.785 bits per heavy atom. The van der Waals surface area contributed by atoms with Crippen LogP contribution in [0.25, 0.3) is 0 Å². The minimum Gasteiger partial charge on any atom is -0.394 e. The average molecular weight is 914 g/mol. The fraction of sp³-hybridized carbons (Fsp3) is 0.561. The molecule has 4 N–H and O–H groups in total. The molecule has 24 nitrogen and oxygen atoms in total. The molecule has 1 saturated heterocycles. The van der Waals surface area contributed by atoms with Crippen molar-refractivity contribution in [2.75, 3.05) is 100 Å². The maximum absolute atomic E-state index is 14.5. The van der Waals surface area contributed by atoms with Gasteiger partial charge in [-0.1, -0.05) is 35.5 Å². The van der Waals surface area contributed by atoms with Crippen molar-refractivity contribution in [3.8, 4) is 0 Å². The predicted octanol–water partition coefficient (Wildman–Crippen LogP) is -2.75. The number of nitrogens with one attached hydrogen (secondary N) is 1. The lowest BCUT2D eigenvalue weighted by Gasteiger charge is -2.31. The van der Waals surface area contributed by atoms with Crippen molar-refractivity contribution in [1.29, 1.82) is 0 Å². The Morgan fingerprint density at radius 2 is 1.31 bits per heavy atom. The van der Waals surface area contributed by atoms with E-state index in [9.17, 15) is 43.5 Å². The van der Waals surface area contributed by atoms with Crippen molar-refractivity contribution in [1.82, 2.24) is 49.0 Å². The lowest BCUT2D eigenvalue weighted by Crippen LogP contribution is -2.51. The highest BCUT2D eigenvalue weighted by molar-refractivity contribution is 5.92. The van der Waals surface area contributed by atoms with Crippen LogP contribution in [-0.2, 0) is 60.8 Å². The van der Waals surface area contributed by atoms with Gasteiger partial charge in [-0.05, 0) is 12.5 Å². The van der Waals surface area contributed by atoms with Gasteiger partial charge in [0.05, 0.1) is 64.8 Å². The van der Waals surface area contributed by atoms with Crippen LogP contribution in [0.2, 0.25) is 0 Å². The van der Waals surface area contributed by atoms with Crippen LogP contribution in [0.3, 0.4) is 0 Å². The lowest BCUT2D eigenvalue weighted by atomic mass is 10.1. The molecular formula is C41H59N11O13. The third-order valence-electron chi connectivity index (χ3n) is 10.5. The summed E-state index contributed by atoms with van der Waals surface area (Å²) in [5, 5.41) is 18.7. The number of amides is 6. The van der Waals surface area contributed by atoms with E-state index in [4.69, 9.17) is 24.7 Å². The number of aromatic amines is 1. The van der Waals surface area contributed by atoms with Gasteiger partial charge in [-0.3, -0.25) is 43.1 Å². The number of H-pyrrole nitrogens is 1. The number of rotatable bonds is 26. The molecule has 1 aromatic carbocycles.